The molecule has 2 aromatic heterocycles. The van der Waals surface area contributed by atoms with Crippen LogP contribution in [0.3, 0.4) is 0 Å². The van der Waals surface area contributed by atoms with Crippen LogP contribution in [-0.2, 0) is 4.79 Å². The Balaban J connectivity index is 1.83. The molecular weight excluding hydrogens is 290 g/mol. The predicted molar refractivity (Wildman–Crippen MR) is 78.2 cm³/mol. The maximum Gasteiger partial charge on any atom is 0.326 e. The average molecular weight is 305 g/mol. The number of carbonyl (C=O) groups excluding carboxylic acids is 1. The molecule has 2 aromatic rings. The topological polar surface area (TPSA) is 86.3 Å². The smallest absolute Gasteiger partial charge is 0.326 e. The quantitative estimate of drug-likeness (QED) is 0.910. The van der Waals surface area contributed by atoms with Crippen molar-refractivity contribution >= 4 is 23.2 Å². The largest absolute Gasteiger partial charge is 0.480 e. The zero-order valence-electron chi connectivity index (χ0n) is 11.3. The first kappa shape index (κ1) is 13.8. The number of aromatic nitrogens is 2. The molecule has 0 bridgehead atoms. The molecular formula is C14H15N3O3S. The number of thiophene rings is 1. The summed E-state index contributed by atoms with van der Waals surface area (Å²) in [6.45, 7) is 0.469. The summed E-state index contributed by atoms with van der Waals surface area (Å²) in [5, 5.41) is 18.1. The molecule has 2 N–H and O–H groups in total. The highest BCUT2D eigenvalue weighted by Gasteiger charge is 2.33. The molecule has 1 fully saturated rings. The van der Waals surface area contributed by atoms with Crippen molar-refractivity contribution in [3.05, 3.63) is 29.3 Å². The number of carboxylic acid groups (broad SMARTS) is 1. The minimum atomic E-state index is -0.947. The zero-order chi connectivity index (χ0) is 14.8. The summed E-state index contributed by atoms with van der Waals surface area (Å²) in [7, 11) is 0. The van der Waals surface area contributed by atoms with Gasteiger partial charge in [-0.25, -0.2) is 4.79 Å². The van der Waals surface area contributed by atoms with Gasteiger partial charge in [-0.2, -0.15) is 5.10 Å². The summed E-state index contributed by atoms with van der Waals surface area (Å²) in [6.07, 6.45) is 2.17. The second-order valence-electron chi connectivity index (χ2n) is 4.99. The third-order valence-corrected chi connectivity index (χ3v) is 4.54. The van der Waals surface area contributed by atoms with E-state index in [9.17, 15) is 14.7 Å². The van der Waals surface area contributed by atoms with Gasteiger partial charge in [0.1, 0.15) is 6.04 Å². The third kappa shape index (κ3) is 2.69. The van der Waals surface area contributed by atoms with Gasteiger partial charge in [0.25, 0.3) is 5.91 Å². The fourth-order valence-corrected chi connectivity index (χ4v) is 3.26. The summed E-state index contributed by atoms with van der Waals surface area (Å²) in [6, 6.07) is 4.80. The van der Waals surface area contributed by atoms with Crippen molar-refractivity contribution in [2.75, 3.05) is 6.54 Å². The minimum Gasteiger partial charge on any atom is -0.480 e. The predicted octanol–water partition coefficient (Wildman–Crippen LogP) is 2.22. The molecule has 1 amide bonds. The van der Waals surface area contributed by atoms with Gasteiger partial charge in [0.15, 0.2) is 5.69 Å². The zero-order valence-corrected chi connectivity index (χ0v) is 12.1. The molecule has 3 rings (SSSR count). The van der Waals surface area contributed by atoms with Crippen LogP contribution in [0.5, 0.6) is 0 Å². The minimum absolute atomic E-state index is 0.270. The molecule has 0 spiro atoms. The number of rotatable bonds is 3. The van der Waals surface area contributed by atoms with Crippen LogP contribution in [-0.4, -0.2) is 44.7 Å². The molecule has 6 nitrogen and oxygen atoms in total. The Morgan fingerprint density at radius 3 is 3.00 bits per heavy atom. The average Bonchev–Trinajstić information content (AvgIpc) is 3.17. The lowest BCUT2D eigenvalue weighted by Crippen LogP contribution is -2.48. The van der Waals surface area contributed by atoms with Crippen LogP contribution in [0.15, 0.2) is 23.6 Å². The molecule has 0 aliphatic carbocycles. The van der Waals surface area contributed by atoms with Crippen LogP contribution >= 0.6 is 11.3 Å². The lowest BCUT2D eigenvalue weighted by molar-refractivity contribution is -0.143. The van der Waals surface area contributed by atoms with E-state index in [0.717, 1.165) is 23.4 Å². The lowest BCUT2D eigenvalue weighted by Gasteiger charge is -2.32. The second-order valence-corrected chi connectivity index (χ2v) is 5.94. The Kier molecular flexibility index (Phi) is 3.74. The Hall–Kier alpha value is -2.15. The highest BCUT2D eigenvalue weighted by Crippen LogP contribution is 2.25. The van der Waals surface area contributed by atoms with Gasteiger partial charge in [0, 0.05) is 6.54 Å². The maximum absolute atomic E-state index is 12.5. The van der Waals surface area contributed by atoms with Gasteiger partial charge >= 0.3 is 5.97 Å². The van der Waals surface area contributed by atoms with Gasteiger partial charge < -0.3 is 10.0 Å². The van der Waals surface area contributed by atoms with E-state index in [1.54, 1.807) is 17.4 Å². The van der Waals surface area contributed by atoms with E-state index >= 15 is 0 Å². The van der Waals surface area contributed by atoms with Crippen molar-refractivity contribution in [1.82, 2.24) is 15.1 Å². The monoisotopic (exact) mass is 305 g/mol. The Labute approximate surface area is 125 Å². The summed E-state index contributed by atoms with van der Waals surface area (Å²) in [4.78, 5) is 26.2. The van der Waals surface area contributed by atoms with Crippen molar-refractivity contribution in [1.29, 1.82) is 0 Å². The van der Waals surface area contributed by atoms with Crippen LogP contribution in [0, 0.1) is 0 Å². The number of carboxylic acids is 1. The van der Waals surface area contributed by atoms with E-state index in [2.05, 4.69) is 10.2 Å². The summed E-state index contributed by atoms with van der Waals surface area (Å²) >= 11 is 1.55. The van der Waals surface area contributed by atoms with Crippen LogP contribution < -0.4 is 0 Å². The van der Waals surface area contributed by atoms with E-state index < -0.39 is 12.0 Å². The highest BCUT2D eigenvalue weighted by atomic mass is 32.1. The lowest BCUT2D eigenvalue weighted by atomic mass is 10.0. The van der Waals surface area contributed by atoms with E-state index in [1.807, 2.05) is 17.5 Å². The molecule has 110 valence electrons. The molecule has 3 heterocycles. The van der Waals surface area contributed by atoms with Crippen molar-refractivity contribution in [2.24, 2.45) is 0 Å². The molecule has 1 saturated heterocycles. The first-order chi connectivity index (χ1) is 10.2. The van der Waals surface area contributed by atoms with Crippen molar-refractivity contribution in [3.63, 3.8) is 0 Å². The number of H-pyrrole nitrogens is 1. The van der Waals surface area contributed by atoms with Crippen molar-refractivity contribution in [3.8, 4) is 10.6 Å². The Morgan fingerprint density at radius 1 is 1.43 bits per heavy atom. The van der Waals surface area contributed by atoms with E-state index in [-0.39, 0.29) is 11.6 Å². The van der Waals surface area contributed by atoms with Gasteiger partial charge in [0.05, 0.1) is 10.6 Å². The van der Waals surface area contributed by atoms with E-state index in [1.165, 1.54) is 4.90 Å². The van der Waals surface area contributed by atoms with Gasteiger partial charge in [-0.15, -0.1) is 11.3 Å². The van der Waals surface area contributed by atoms with Crippen molar-refractivity contribution in [2.45, 2.75) is 25.3 Å². The van der Waals surface area contributed by atoms with Crippen LogP contribution in [0.25, 0.3) is 10.6 Å². The van der Waals surface area contributed by atoms with Crippen molar-refractivity contribution < 1.29 is 14.7 Å². The van der Waals surface area contributed by atoms with Gasteiger partial charge in [0.2, 0.25) is 0 Å². The Bertz CT molecular complexity index is 650. The molecule has 0 aromatic carbocycles. The number of carbonyl (C=O) groups is 2. The Morgan fingerprint density at radius 2 is 2.29 bits per heavy atom. The number of likely N-dealkylation sites (tertiary alicyclic amines) is 1. The number of nitrogens with zero attached hydrogens (tertiary/aromatic N) is 2. The van der Waals surface area contributed by atoms with Crippen LogP contribution in [0.4, 0.5) is 0 Å². The summed E-state index contributed by atoms with van der Waals surface area (Å²) < 4.78 is 0. The molecule has 1 aliphatic rings. The first-order valence-corrected chi connectivity index (χ1v) is 7.68. The number of amides is 1. The van der Waals surface area contributed by atoms with E-state index in [4.69, 9.17) is 0 Å². The van der Waals surface area contributed by atoms with Crippen LogP contribution in [0.2, 0.25) is 0 Å². The molecule has 0 saturated carbocycles. The van der Waals surface area contributed by atoms with Gasteiger partial charge in [-0.3, -0.25) is 9.89 Å². The highest BCUT2D eigenvalue weighted by molar-refractivity contribution is 7.13. The number of aromatic amines is 1. The summed E-state index contributed by atoms with van der Waals surface area (Å²) in [5.74, 6) is -1.27. The standard InChI is InChI=1S/C14H15N3O3S/c18-13(17-6-2-1-4-11(17)14(19)20)10-8-9(15-16-10)12-5-3-7-21-12/h3,5,7-8,11H,1-2,4,6H2,(H,15,16)(H,19,20)/t11-/m1/s1. The fraction of sp³-hybridized carbons (Fsp3) is 0.357. The number of piperidine rings is 1. The normalized spacial score (nSPS) is 18.7. The number of hydrogen-bond donors (Lipinski definition) is 2. The van der Waals surface area contributed by atoms with Gasteiger partial charge in [-0.1, -0.05) is 6.07 Å². The molecule has 21 heavy (non-hydrogen) atoms. The SMILES string of the molecule is O=C(O)[C@H]1CCCCN1C(=O)c1cc(-c2cccs2)[nH]n1. The first-order valence-electron chi connectivity index (χ1n) is 6.80. The fourth-order valence-electron chi connectivity index (χ4n) is 2.57. The number of hydrogen-bond acceptors (Lipinski definition) is 4. The van der Waals surface area contributed by atoms with E-state index in [0.29, 0.717) is 13.0 Å². The third-order valence-electron chi connectivity index (χ3n) is 3.63. The number of aliphatic carboxylic acids is 1. The molecule has 7 heteroatoms. The molecule has 1 aliphatic heterocycles. The molecule has 0 unspecified atom stereocenters. The second kappa shape index (κ2) is 5.69. The maximum atomic E-state index is 12.5. The summed E-state index contributed by atoms with van der Waals surface area (Å²) in [5.41, 5.74) is 1.05. The van der Waals surface area contributed by atoms with Crippen LogP contribution in [0.1, 0.15) is 29.8 Å². The number of nitrogens with one attached hydrogen (secondary N) is 1. The molecule has 0 radical (unpaired) electrons. The van der Waals surface area contributed by atoms with Gasteiger partial charge in [-0.05, 0) is 36.8 Å². The molecule has 1 atom stereocenters.